The number of aliphatic carboxylic acids is 1. The van der Waals surface area contributed by atoms with Crippen LogP contribution in [0.4, 0.5) is 8.78 Å². The van der Waals surface area contributed by atoms with Crippen molar-refractivity contribution >= 4 is 21.9 Å². The molecule has 1 aromatic carbocycles. The number of carboxylic acid groups (broad SMARTS) is 1. The molecule has 0 aliphatic carbocycles. The first kappa shape index (κ1) is 15.5. The van der Waals surface area contributed by atoms with Crippen LogP contribution in [0.1, 0.15) is 11.3 Å². The van der Waals surface area contributed by atoms with Crippen LogP contribution in [0.3, 0.4) is 0 Å². The van der Waals surface area contributed by atoms with Gasteiger partial charge in [0.15, 0.2) is 0 Å². The Morgan fingerprint density at radius 2 is 2.19 bits per heavy atom. The quantitative estimate of drug-likeness (QED) is 0.784. The highest BCUT2D eigenvalue weighted by molar-refractivity contribution is 9.10. The highest BCUT2D eigenvalue weighted by Crippen LogP contribution is 2.22. The van der Waals surface area contributed by atoms with Gasteiger partial charge in [0.1, 0.15) is 17.7 Å². The van der Waals surface area contributed by atoms with Gasteiger partial charge in [0, 0.05) is 18.2 Å². The molecule has 0 aliphatic heterocycles. The highest BCUT2D eigenvalue weighted by atomic mass is 79.9. The number of halogens is 3. The first-order chi connectivity index (χ1) is 9.88. The molecule has 0 bridgehead atoms. The van der Waals surface area contributed by atoms with Crippen LogP contribution in [-0.2, 0) is 17.8 Å². The van der Waals surface area contributed by atoms with Crippen molar-refractivity contribution < 1.29 is 18.7 Å². The van der Waals surface area contributed by atoms with E-state index in [1.54, 1.807) is 0 Å². The predicted molar refractivity (Wildman–Crippen MR) is 72.5 cm³/mol. The van der Waals surface area contributed by atoms with Crippen LogP contribution in [0.25, 0.3) is 0 Å². The van der Waals surface area contributed by atoms with Crippen molar-refractivity contribution in [2.75, 3.05) is 0 Å². The van der Waals surface area contributed by atoms with Gasteiger partial charge >= 0.3 is 5.97 Å². The zero-order valence-corrected chi connectivity index (χ0v) is 12.2. The van der Waals surface area contributed by atoms with Crippen molar-refractivity contribution in [2.45, 2.75) is 19.0 Å². The first-order valence-electron chi connectivity index (χ1n) is 5.88. The average Bonchev–Trinajstić information content (AvgIpc) is 2.86. The summed E-state index contributed by atoms with van der Waals surface area (Å²) in [4.78, 5) is 10.6. The van der Waals surface area contributed by atoms with Crippen LogP contribution in [0, 0.1) is 11.6 Å². The van der Waals surface area contributed by atoms with E-state index in [4.69, 9.17) is 10.8 Å². The van der Waals surface area contributed by atoms with Crippen molar-refractivity contribution in [2.24, 2.45) is 5.73 Å². The van der Waals surface area contributed by atoms with Gasteiger partial charge in [-0.05, 0) is 28.1 Å². The summed E-state index contributed by atoms with van der Waals surface area (Å²) >= 11 is 2.98. The van der Waals surface area contributed by atoms with Crippen LogP contribution >= 0.6 is 15.9 Å². The van der Waals surface area contributed by atoms with Crippen molar-refractivity contribution in [3.05, 3.63) is 45.7 Å². The molecule has 112 valence electrons. The van der Waals surface area contributed by atoms with E-state index in [2.05, 4.69) is 26.2 Å². The van der Waals surface area contributed by atoms with Crippen LogP contribution in [0.15, 0.2) is 22.8 Å². The Bertz CT molecular complexity index is 677. The summed E-state index contributed by atoms with van der Waals surface area (Å²) in [6.45, 7) is -0.160. The third-order valence-corrected chi connectivity index (χ3v) is 3.40. The molecule has 0 saturated carbocycles. The van der Waals surface area contributed by atoms with Gasteiger partial charge in [-0.1, -0.05) is 5.21 Å². The number of rotatable bonds is 5. The van der Waals surface area contributed by atoms with Crippen molar-refractivity contribution in [1.82, 2.24) is 15.0 Å². The summed E-state index contributed by atoms with van der Waals surface area (Å²) in [5.74, 6) is -2.57. The van der Waals surface area contributed by atoms with Crippen LogP contribution in [0.2, 0.25) is 0 Å². The number of benzene rings is 1. The van der Waals surface area contributed by atoms with E-state index < -0.39 is 23.6 Å². The van der Waals surface area contributed by atoms with Gasteiger partial charge < -0.3 is 10.8 Å². The van der Waals surface area contributed by atoms with Gasteiger partial charge in [-0.2, -0.15) is 0 Å². The second-order valence-electron chi connectivity index (χ2n) is 4.38. The Labute approximate surface area is 126 Å². The van der Waals surface area contributed by atoms with Gasteiger partial charge in [0.25, 0.3) is 0 Å². The lowest BCUT2D eigenvalue weighted by Gasteiger charge is -2.06. The number of hydrogen-bond acceptors (Lipinski definition) is 4. The SMILES string of the molecule is NC(Cc1cn(Cc2c(F)ccc(Br)c2F)nn1)C(=O)O. The second-order valence-corrected chi connectivity index (χ2v) is 5.23. The molecule has 1 atom stereocenters. The minimum absolute atomic E-state index is 0.0151. The van der Waals surface area contributed by atoms with E-state index >= 15 is 0 Å². The van der Waals surface area contributed by atoms with Gasteiger partial charge in [-0.3, -0.25) is 4.79 Å². The second kappa shape index (κ2) is 6.27. The summed E-state index contributed by atoms with van der Waals surface area (Å²) in [6, 6.07) is 1.31. The minimum atomic E-state index is -1.16. The van der Waals surface area contributed by atoms with E-state index in [-0.39, 0.29) is 23.0 Å². The van der Waals surface area contributed by atoms with Crippen molar-refractivity contribution in [3.63, 3.8) is 0 Å². The first-order valence-corrected chi connectivity index (χ1v) is 6.67. The van der Waals surface area contributed by atoms with E-state index in [1.165, 1.54) is 16.9 Å². The van der Waals surface area contributed by atoms with Crippen molar-refractivity contribution in [3.8, 4) is 0 Å². The van der Waals surface area contributed by atoms with E-state index in [1.807, 2.05) is 0 Å². The molecule has 0 fully saturated rings. The van der Waals surface area contributed by atoms with E-state index in [9.17, 15) is 13.6 Å². The Kier molecular flexibility index (Phi) is 4.63. The lowest BCUT2D eigenvalue weighted by atomic mass is 10.2. The molecule has 0 aliphatic rings. The van der Waals surface area contributed by atoms with Gasteiger partial charge in [0.05, 0.1) is 16.7 Å². The predicted octanol–water partition coefficient (Wildman–Crippen LogP) is 1.32. The van der Waals surface area contributed by atoms with Crippen molar-refractivity contribution in [1.29, 1.82) is 0 Å². The van der Waals surface area contributed by atoms with E-state index in [0.29, 0.717) is 5.69 Å². The number of nitrogens with two attached hydrogens (primary N) is 1. The summed E-state index contributed by atoms with van der Waals surface area (Å²) in [6.07, 6.45) is 1.39. The lowest BCUT2D eigenvalue weighted by molar-refractivity contribution is -0.138. The third kappa shape index (κ3) is 3.61. The molecule has 2 rings (SSSR count). The number of hydrogen-bond donors (Lipinski definition) is 2. The zero-order chi connectivity index (χ0) is 15.6. The molecule has 3 N–H and O–H groups in total. The van der Waals surface area contributed by atoms with Crippen LogP contribution in [0.5, 0.6) is 0 Å². The molecule has 2 aromatic rings. The summed E-state index contributed by atoms with van der Waals surface area (Å²) in [7, 11) is 0. The number of carbonyl (C=O) groups is 1. The van der Waals surface area contributed by atoms with Crippen LogP contribution < -0.4 is 5.73 Å². The number of carboxylic acids is 1. The number of aromatic nitrogens is 3. The highest BCUT2D eigenvalue weighted by Gasteiger charge is 2.16. The molecule has 1 unspecified atom stereocenters. The summed E-state index contributed by atoms with van der Waals surface area (Å²) in [5, 5.41) is 16.1. The fourth-order valence-corrected chi connectivity index (χ4v) is 2.07. The van der Waals surface area contributed by atoms with Crippen LogP contribution in [-0.4, -0.2) is 32.1 Å². The molecule has 1 aromatic heterocycles. The molecule has 0 radical (unpaired) electrons. The molecule has 0 saturated heterocycles. The maximum absolute atomic E-state index is 13.8. The fourth-order valence-electron chi connectivity index (χ4n) is 1.70. The van der Waals surface area contributed by atoms with Gasteiger partial charge in [0.2, 0.25) is 0 Å². The Morgan fingerprint density at radius 3 is 2.86 bits per heavy atom. The molecular weight excluding hydrogens is 350 g/mol. The molecule has 6 nitrogen and oxygen atoms in total. The standard InChI is InChI=1S/C12H11BrF2N4O2/c13-8-1-2-9(14)7(11(8)15)5-19-4-6(17-18-19)3-10(16)12(20)21/h1-2,4,10H,3,5,16H2,(H,20,21). The largest absolute Gasteiger partial charge is 0.480 e. The monoisotopic (exact) mass is 360 g/mol. The molecule has 0 amide bonds. The smallest absolute Gasteiger partial charge is 0.320 e. The lowest BCUT2D eigenvalue weighted by Crippen LogP contribution is -2.32. The maximum atomic E-state index is 13.8. The topological polar surface area (TPSA) is 94.0 Å². The minimum Gasteiger partial charge on any atom is -0.480 e. The zero-order valence-electron chi connectivity index (χ0n) is 10.6. The molecular formula is C12H11BrF2N4O2. The normalized spacial score (nSPS) is 12.4. The Morgan fingerprint density at radius 1 is 1.48 bits per heavy atom. The van der Waals surface area contributed by atoms with Gasteiger partial charge in [-0.25, -0.2) is 13.5 Å². The van der Waals surface area contributed by atoms with E-state index in [0.717, 1.165) is 6.07 Å². The number of nitrogens with zero attached hydrogens (tertiary/aromatic N) is 3. The summed E-state index contributed by atoms with van der Waals surface area (Å²) in [5.41, 5.74) is 5.55. The third-order valence-electron chi connectivity index (χ3n) is 2.79. The summed E-state index contributed by atoms with van der Waals surface area (Å²) < 4.78 is 28.8. The Hall–Kier alpha value is -1.87. The van der Waals surface area contributed by atoms with Gasteiger partial charge in [-0.15, -0.1) is 5.10 Å². The maximum Gasteiger partial charge on any atom is 0.320 e. The average molecular weight is 361 g/mol. The molecule has 1 heterocycles. The Balaban J connectivity index is 2.17. The molecule has 9 heteroatoms. The fraction of sp³-hybridized carbons (Fsp3) is 0.250. The molecule has 0 spiro atoms. The molecule has 21 heavy (non-hydrogen) atoms.